The quantitative estimate of drug-likeness (QED) is 0.557. The van der Waals surface area contributed by atoms with Crippen molar-refractivity contribution < 1.29 is 23.5 Å². The molecule has 194 valence electrons. The van der Waals surface area contributed by atoms with E-state index in [2.05, 4.69) is 17.2 Å². The van der Waals surface area contributed by atoms with Crippen LogP contribution in [-0.4, -0.2) is 46.0 Å². The number of rotatable bonds is 5. The Balaban J connectivity index is 1.67. The van der Waals surface area contributed by atoms with Crippen LogP contribution in [0.15, 0.2) is 41.5 Å². The number of fused-ring (bicyclic) bond motifs is 1. The lowest BCUT2D eigenvalue weighted by molar-refractivity contribution is -0.153. The van der Waals surface area contributed by atoms with Crippen LogP contribution >= 0.6 is 11.8 Å². The third-order valence-electron chi connectivity index (χ3n) is 6.25. The fourth-order valence-corrected chi connectivity index (χ4v) is 6.08. The van der Waals surface area contributed by atoms with Gasteiger partial charge in [-0.3, -0.25) is 14.6 Å². The molecule has 1 amide bonds. The van der Waals surface area contributed by atoms with Gasteiger partial charge in [0.25, 0.3) is 5.91 Å². The predicted molar refractivity (Wildman–Crippen MR) is 139 cm³/mol. The van der Waals surface area contributed by atoms with E-state index < -0.39 is 28.8 Å². The van der Waals surface area contributed by atoms with Gasteiger partial charge in [-0.1, -0.05) is 6.92 Å². The maximum Gasteiger partial charge on any atom is 0.312 e. The van der Waals surface area contributed by atoms with E-state index in [0.717, 1.165) is 0 Å². The summed E-state index contributed by atoms with van der Waals surface area (Å²) in [6.45, 7) is 8.16. The molecule has 0 aliphatic carbocycles. The number of halogens is 1. The smallest absolute Gasteiger partial charge is 0.312 e. The largest absolute Gasteiger partial charge is 0.460 e. The number of aromatic nitrogens is 1. The number of ether oxygens (including phenoxy) is 2. The molecule has 4 rings (SSSR count). The molecule has 1 aromatic carbocycles. The molecule has 1 fully saturated rings. The molecule has 3 heterocycles. The number of aliphatic imine (C=N–C) groups is 1. The van der Waals surface area contributed by atoms with Gasteiger partial charge in [0.1, 0.15) is 28.7 Å². The maximum atomic E-state index is 15.4. The summed E-state index contributed by atoms with van der Waals surface area (Å²) in [7, 11) is 0. The first-order valence-electron chi connectivity index (χ1n) is 12.0. The Morgan fingerprint density at radius 2 is 2.11 bits per heavy atom. The highest BCUT2D eigenvalue weighted by atomic mass is 32.2. The van der Waals surface area contributed by atoms with Gasteiger partial charge in [-0.15, -0.1) is 11.8 Å². The van der Waals surface area contributed by atoms with Crippen LogP contribution in [0, 0.1) is 23.1 Å². The average Bonchev–Trinajstić information content (AvgIpc) is 2.84. The van der Waals surface area contributed by atoms with Crippen LogP contribution in [-0.2, 0) is 19.8 Å². The van der Waals surface area contributed by atoms with Crippen molar-refractivity contribution in [2.24, 2.45) is 10.9 Å². The van der Waals surface area contributed by atoms with Gasteiger partial charge >= 0.3 is 5.97 Å². The third-order valence-corrected chi connectivity index (χ3v) is 7.46. The van der Waals surface area contributed by atoms with E-state index in [1.807, 2.05) is 6.07 Å². The number of carbonyl (C=O) groups excluding carboxylic acids is 2. The summed E-state index contributed by atoms with van der Waals surface area (Å²) in [6.07, 6.45) is 1.99. The van der Waals surface area contributed by atoms with Crippen molar-refractivity contribution >= 4 is 34.4 Å². The Labute approximate surface area is 219 Å². The highest BCUT2D eigenvalue weighted by molar-refractivity contribution is 8.14. The minimum Gasteiger partial charge on any atom is -0.460 e. The molecule has 2 aliphatic rings. The average molecular weight is 525 g/mol. The minimum absolute atomic E-state index is 0.0108. The first-order chi connectivity index (χ1) is 17.5. The van der Waals surface area contributed by atoms with Crippen LogP contribution in [0.5, 0.6) is 0 Å². The lowest BCUT2D eigenvalue weighted by Gasteiger charge is -2.47. The number of hydrogen-bond donors (Lipinski definition) is 1. The first kappa shape index (κ1) is 26.8. The molecule has 0 saturated carbocycles. The van der Waals surface area contributed by atoms with Crippen LogP contribution < -0.4 is 5.32 Å². The Bertz CT molecular complexity index is 1270. The topological polar surface area (TPSA) is 114 Å². The number of pyridine rings is 1. The molecule has 2 aromatic rings. The van der Waals surface area contributed by atoms with Crippen molar-refractivity contribution in [2.45, 2.75) is 56.9 Å². The van der Waals surface area contributed by atoms with Crippen molar-refractivity contribution in [3.8, 4) is 6.07 Å². The van der Waals surface area contributed by atoms with Crippen molar-refractivity contribution in [3.63, 3.8) is 0 Å². The fraction of sp³-hybridized carbons (Fsp3) is 0.444. The molecule has 8 nitrogen and oxygen atoms in total. The van der Waals surface area contributed by atoms with Crippen molar-refractivity contribution in [1.29, 1.82) is 5.26 Å². The van der Waals surface area contributed by atoms with Gasteiger partial charge in [-0.25, -0.2) is 9.37 Å². The van der Waals surface area contributed by atoms with E-state index in [1.165, 1.54) is 42.2 Å². The lowest BCUT2D eigenvalue weighted by atomic mass is 9.74. The summed E-state index contributed by atoms with van der Waals surface area (Å²) >= 11 is 1.51. The molecule has 3 atom stereocenters. The fourth-order valence-electron chi connectivity index (χ4n) is 4.71. The summed E-state index contributed by atoms with van der Waals surface area (Å²) in [5, 5.41) is 12.3. The number of thioether (sulfide) groups is 1. The zero-order valence-corrected chi connectivity index (χ0v) is 22.0. The number of nitrogens with zero attached hydrogens (tertiary/aromatic N) is 3. The normalized spacial score (nSPS) is 23.3. The number of amides is 1. The van der Waals surface area contributed by atoms with Crippen LogP contribution in [0.2, 0.25) is 0 Å². The van der Waals surface area contributed by atoms with Gasteiger partial charge in [0.2, 0.25) is 0 Å². The molecule has 2 aliphatic heterocycles. The molecular formula is C27H29FN4O4S. The summed E-state index contributed by atoms with van der Waals surface area (Å²) in [4.78, 5) is 34.3. The number of hydrogen-bond acceptors (Lipinski definition) is 8. The summed E-state index contributed by atoms with van der Waals surface area (Å²) < 4.78 is 26.7. The van der Waals surface area contributed by atoms with Crippen LogP contribution in [0.4, 0.5) is 10.1 Å². The van der Waals surface area contributed by atoms with Gasteiger partial charge in [0, 0.05) is 35.2 Å². The number of anilines is 1. The Morgan fingerprint density at radius 3 is 2.78 bits per heavy atom. The molecule has 37 heavy (non-hydrogen) atoms. The van der Waals surface area contributed by atoms with E-state index >= 15 is 4.39 Å². The van der Waals surface area contributed by atoms with Crippen LogP contribution in [0.25, 0.3) is 0 Å². The molecular weight excluding hydrogens is 495 g/mol. The summed E-state index contributed by atoms with van der Waals surface area (Å²) in [6, 6.07) is 9.27. The van der Waals surface area contributed by atoms with E-state index in [0.29, 0.717) is 34.9 Å². The van der Waals surface area contributed by atoms with E-state index in [4.69, 9.17) is 19.7 Å². The van der Waals surface area contributed by atoms with Gasteiger partial charge < -0.3 is 14.8 Å². The van der Waals surface area contributed by atoms with E-state index in [1.54, 1.807) is 26.8 Å². The minimum atomic E-state index is -1.04. The lowest BCUT2D eigenvalue weighted by Crippen LogP contribution is -2.50. The third kappa shape index (κ3) is 6.00. The molecule has 10 heteroatoms. The maximum absolute atomic E-state index is 15.4. The second-order valence-corrected chi connectivity index (χ2v) is 11.6. The molecule has 1 N–H and O–H groups in total. The van der Waals surface area contributed by atoms with Gasteiger partial charge in [-0.05, 0) is 57.5 Å². The van der Waals surface area contributed by atoms with Gasteiger partial charge in [-0.2, -0.15) is 5.26 Å². The Kier molecular flexibility index (Phi) is 7.67. The van der Waals surface area contributed by atoms with Gasteiger partial charge in [0.15, 0.2) is 0 Å². The first-order valence-corrected chi connectivity index (χ1v) is 12.9. The number of esters is 1. The second-order valence-electron chi connectivity index (χ2n) is 10.2. The predicted octanol–water partition coefficient (Wildman–Crippen LogP) is 4.84. The highest BCUT2D eigenvalue weighted by Gasteiger charge is 2.50. The van der Waals surface area contributed by atoms with E-state index in [9.17, 15) is 9.59 Å². The molecule has 0 spiro atoms. The standard InChI is InChI=1S/C27H29FN4O4S/c1-16-19-9-10-35-15-27(19,32-23(37-16)12-24(33)36-26(2,3)4)20-11-18(6-7-21(20)28)31-25(34)22-8-5-17(13-29)14-30-22/h5-8,11,14,16,19H,9-10,12,15H2,1-4H3,(H,31,34)/t16-,19+,27+/m1/s1. The molecule has 1 aromatic heterocycles. The van der Waals surface area contributed by atoms with Crippen molar-refractivity contribution in [2.75, 3.05) is 18.5 Å². The molecule has 1 saturated heterocycles. The molecule has 0 bridgehead atoms. The van der Waals surface area contributed by atoms with Crippen molar-refractivity contribution in [3.05, 3.63) is 59.2 Å². The SMILES string of the molecule is C[C@H]1SC(CC(=O)OC(C)(C)C)=N[C@@]2(c3cc(NC(=O)c4ccc(C#N)cn4)ccc3F)COCC[C@@H]12. The number of nitrogens with one attached hydrogen (secondary N) is 1. The zero-order chi connectivity index (χ0) is 26.8. The highest BCUT2D eigenvalue weighted by Crippen LogP contribution is 2.50. The van der Waals surface area contributed by atoms with Gasteiger partial charge in [0.05, 0.1) is 23.6 Å². The van der Waals surface area contributed by atoms with Crippen LogP contribution in [0.3, 0.4) is 0 Å². The Hall–Kier alpha value is -3.29. The summed E-state index contributed by atoms with van der Waals surface area (Å²) in [5.74, 6) is -1.39. The second kappa shape index (κ2) is 10.6. The zero-order valence-electron chi connectivity index (χ0n) is 21.2. The monoisotopic (exact) mass is 524 g/mol. The number of carbonyl (C=O) groups is 2. The van der Waals surface area contributed by atoms with E-state index in [-0.39, 0.29) is 29.9 Å². The molecule has 0 radical (unpaired) electrons. The summed E-state index contributed by atoms with van der Waals surface area (Å²) in [5.41, 5.74) is -0.524. The number of benzene rings is 1. The number of nitriles is 1. The Morgan fingerprint density at radius 1 is 1.32 bits per heavy atom. The molecule has 0 unspecified atom stereocenters. The van der Waals surface area contributed by atoms with Crippen LogP contribution in [0.1, 0.15) is 62.2 Å². The van der Waals surface area contributed by atoms with Crippen molar-refractivity contribution in [1.82, 2.24) is 4.98 Å².